The molecular weight excluding hydrogens is 464 g/mol. The van der Waals surface area contributed by atoms with Gasteiger partial charge in [0.15, 0.2) is 5.69 Å². The predicted octanol–water partition coefficient (Wildman–Crippen LogP) is 3.99. The zero-order valence-corrected chi connectivity index (χ0v) is 21.7. The average molecular weight is 499 g/mol. The molecule has 35 heavy (non-hydrogen) atoms. The van der Waals surface area contributed by atoms with Crippen molar-refractivity contribution in [2.45, 2.75) is 77.5 Å². The van der Waals surface area contributed by atoms with Gasteiger partial charge in [-0.2, -0.15) is 5.10 Å². The summed E-state index contributed by atoms with van der Waals surface area (Å²) >= 11 is 6.33. The van der Waals surface area contributed by atoms with Gasteiger partial charge in [-0.15, -0.1) is 0 Å². The van der Waals surface area contributed by atoms with Gasteiger partial charge in [-0.25, -0.2) is 0 Å². The quantitative estimate of drug-likeness (QED) is 0.639. The normalized spacial score (nSPS) is 23.0. The summed E-state index contributed by atoms with van der Waals surface area (Å²) in [6.07, 6.45) is 4.61. The van der Waals surface area contributed by atoms with Crippen LogP contribution in [0.1, 0.15) is 71.9 Å². The molecule has 3 heterocycles. The van der Waals surface area contributed by atoms with E-state index in [1.54, 1.807) is 4.68 Å². The number of hydrogen-bond donors (Lipinski definition) is 0. The molecule has 0 unspecified atom stereocenters. The summed E-state index contributed by atoms with van der Waals surface area (Å²) in [7, 11) is 0. The van der Waals surface area contributed by atoms with Crippen LogP contribution in [-0.2, 0) is 28.9 Å². The molecule has 7 nitrogen and oxygen atoms in total. The van der Waals surface area contributed by atoms with E-state index in [1.807, 2.05) is 35.8 Å². The summed E-state index contributed by atoms with van der Waals surface area (Å²) in [4.78, 5) is 30.4. The second kappa shape index (κ2) is 9.94. The number of benzene rings is 1. The number of ether oxygens (including phenoxy) is 1. The highest BCUT2D eigenvalue weighted by molar-refractivity contribution is 6.31. The first-order chi connectivity index (χ1) is 16.8. The Morgan fingerprint density at radius 3 is 2.51 bits per heavy atom. The Morgan fingerprint density at radius 1 is 1.09 bits per heavy atom. The van der Waals surface area contributed by atoms with Crippen LogP contribution in [0.25, 0.3) is 0 Å². The van der Waals surface area contributed by atoms with Crippen molar-refractivity contribution in [2.24, 2.45) is 0 Å². The number of piperidine rings is 1. The molecular formula is C27H35ClN4O3. The van der Waals surface area contributed by atoms with Gasteiger partial charge in [-0.1, -0.05) is 23.7 Å². The van der Waals surface area contributed by atoms with Crippen molar-refractivity contribution in [1.82, 2.24) is 19.6 Å². The molecule has 1 aromatic carbocycles. The number of carbonyl (C=O) groups is 2. The van der Waals surface area contributed by atoms with E-state index in [1.165, 1.54) is 5.56 Å². The highest BCUT2D eigenvalue weighted by Crippen LogP contribution is 2.33. The number of carbonyl (C=O) groups excluding carboxylic acids is 2. The smallest absolute Gasteiger partial charge is 0.274 e. The number of nitrogens with zero attached hydrogens (tertiary/aromatic N) is 4. The molecule has 0 N–H and O–H groups in total. The van der Waals surface area contributed by atoms with Crippen LogP contribution in [0, 0.1) is 6.92 Å². The minimum Gasteiger partial charge on any atom is -0.372 e. The molecule has 2 aliphatic heterocycles. The Bertz CT molecular complexity index is 1110. The highest BCUT2D eigenvalue weighted by atomic mass is 35.5. The molecule has 2 saturated heterocycles. The van der Waals surface area contributed by atoms with E-state index < -0.39 is 0 Å². The summed E-state index contributed by atoms with van der Waals surface area (Å²) in [5, 5.41) is 5.50. The van der Waals surface area contributed by atoms with Crippen LogP contribution in [0.15, 0.2) is 18.2 Å². The summed E-state index contributed by atoms with van der Waals surface area (Å²) in [5.74, 6) is 0.472. The SMILES string of the molecule is Cc1c(Cl)cccc1C1CCN(C(=O)Cn2nc(C(=O)N3C[C@@H](C)O[C@@H](C)C3)c3c2CCC3)CC1. The Balaban J connectivity index is 1.26. The third-order valence-corrected chi connectivity index (χ3v) is 8.21. The molecule has 2 atom stereocenters. The molecule has 1 aliphatic carbocycles. The van der Waals surface area contributed by atoms with Crippen LogP contribution in [0.2, 0.25) is 5.02 Å². The predicted molar refractivity (Wildman–Crippen MR) is 135 cm³/mol. The van der Waals surface area contributed by atoms with Crippen molar-refractivity contribution >= 4 is 23.4 Å². The van der Waals surface area contributed by atoms with Crippen LogP contribution >= 0.6 is 11.6 Å². The number of morpholine rings is 1. The lowest BCUT2D eigenvalue weighted by molar-refractivity contribution is -0.133. The van der Waals surface area contributed by atoms with Gasteiger partial charge in [0.25, 0.3) is 5.91 Å². The zero-order chi connectivity index (χ0) is 24.7. The van der Waals surface area contributed by atoms with Crippen LogP contribution in [0.5, 0.6) is 0 Å². The minimum atomic E-state index is -0.0333. The third kappa shape index (κ3) is 4.85. The fourth-order valence-electron chi connectivity index (χ4n) is 6.04. The van der Waals surface area contributed by atoms with Gasteiger partial charge in [-0.05, 0) is 76.0 Å². The van der Waals surface area contributed by atoms with Crippen LogP contribution in [0.4, 0.5) is 0 Å². The topological polar surface area (TPSA) is 67.7 Å². The van der Waals surface area contributed by atoms with Crippen molar-refractivity contribution in [3.63, 3.8) is 0 Å². The molecule has 2 amide bonds. The summed E-state index contributed by atoms with van der Waals surface area (Å²) in [6.45, 7) is 8.87. The summed E-state index contributed by atoms with van der Waals surface area (Å²) in [5.41, 5.74) is 5.06. The van der Waals surface area contributed by atoms with Crippen molar-refractivity contribution in [3.8, 4) is 0 Å². The second-order valence-electron chi connectivity index (χ2n) is 10.4. The highest BCUT2D eigenvalue weighted by Gasteiger charge is 2.33. The molecule has 2 fully saturated rings. The van der Waals surface area contributed by atoms with Gasteiger partial charge < -0.3 is 14.5 Å². The minimum absolute atomic E-state index is 0.0121. The van der Waals surface area contributed by atoms with Crippen molar-refractivity contribution in [2.75, 3.05) is 26.2 Å². The summed E-state index contributed by atoms with van der Waals surface area (Å²) < 4.78 is 7.60. The van der Waals surface area contributed by atoms with E-state index in [-0.39, 0.29) is 30.6 Å². The second-order valence-corrected chi connectivity index (χ2v) is 10.8. The Hall–Kier alpha value is -2.38. The molecule has 0 spiro atoms. The third-order valence-electron chi connectivity index (χ3n) is 7.80. The average Bonchev–Trinajstić information content (AvgIpc) is 3.44. The fraction of sp³-hybridized carbons (Fsp3) is 0.593. The first kappa shape index (κ1) is 24.3. The maximum Gasteiger partial charge on any atom is 0.274 e. The largest absolute Gasteiger partial charge is 0.372 e. The van der Waals surface area contributed by atoms with E-state index in [9.17, 15) is 9.59 Å². The van der Waals surface area contributed by atoms with Crippen LogP contribution in [-0.4, -0.2) is 69.8 Å². The fourth-order valence-corrected chi connectivity index (χ4v) is 6.22. The molecule has 2 aromatic rings. The Labute approximate surface area is 212 Å². The number of halogens is 1. The number of rotatable bonds is 4. The van der Waals surface area contributed by atoms with Crippen LogP contribution in [0.3, 0.4) is 0 Å². The number of hydrogen-bond acceptors (Lipinski definition) is 4. The Morgan fingerprint density at radius 2 is 1.80 bits per heavy atom. The molecule has 0 bridgehead atoms. The first-order valence-electron chi connectivity index (χ1n) is 12.9. The molecule has 0 saturated carbocycles. The van der Waals surface area contributed by atoms with E-state index in [0.717, 1.165) is 67.0 Å². The number of fused-ring (bicyclic) bond motifs is 1. The first-order valence-corrected chi connectivity index (χ1v) is 13.3. The van der Waals surface area contributed by atoms with Crippen molar-refractivity contribution < 1.29 is 14.3 Å². The number of likely N-dealkylation sites (tertiary alicyclic amines) is 1. The zero-order valence-electron chi connectivity index (χ0n) is 20.9. The molecule has 8 heteroatoms. The van der Waals surface area contributed by atoms with Crippen LogP contribution < -0.4 is 0 Å². The molecule has 188 valence electrons. The molecule has 1 aromatic heterocycles. The van der Waals surface area contributed by atoms with Gasteiger partial charge in [0.05, 0.1) is 12.2 Å². The lowest BCUT2D eigenvalue weighted by atomic mass is 9.87. The maximum absolute atomic E-state index is 13.4. The lowest BCUT2D eigenvalue weighted by Crippen LogP contribution is -2.48. The van der Waals surface area contributed by atoms with Gasteiger partial charge in [0.2, 0.25) is 5.91 Å². The number of aromatic nitrogens is 2. The standard InChI is InChI=1S/C27H35ClN4O3/c1-17-14-31(15-18(2)35-17)27(34)26-22-7-5-9-24(22)32(29-26)16-25(33)30-12-10-20(11-13-30)21-6-4-8-23(28)19(21)3/h4,6,8,17-18,20H,5,7,9-16H2,1-3H3/t17-,18+. The maximum atomic E-state index is 13.4. The molecule has 3 aliphatic rings. The van der Waals surface area contributed by atoms with E-state index in [0.29, 0.717) is 24.7 Å². The summed E-state index contributed by atoms with van der Waals surface area (Å²) in [6, 6.07) is 6.10. The Kier molecular flexibility index (Phi) is 6.91. The van der Waals surface area contributed by atoms with Crippen molar-refractivity contribution in [1.29, 1.82) is 0 Å². The number of amides is 2. The molecule has 0 radical (unpaired) electrons. The van der Waals surface area contributed by atoms with Gasteiger partial charge in [-0.3, -0.25) is 14.3 Å². The van der Waals surface area contributed by atoms with Gasteiger partial charge in [0.1, 0.15) is 6.54 Å². The van der Waals surface area contributed by atoms with E-state index in [2.05, 4.69) is 13.0 Å². The van der Waals surface area contributed by atoms with E-state index in [4.69, 9.17) is 21.4 Å². The van der Waals surface area contributed by atoms with Crippen molar-refractivity contribution in [3.05, 3.63) is 51.3 Å². The van der Waals surface area contributed by atoms with E-state index >= 15 is 0 Å². The monoisotopic (exact) mass is 498 g/mol. The van der Waals surface area contributed by atoms with Gasteiger partial charge >= 0.3 is 0 Å². The van der Waals surface area contributed by atoms with Gasteiger partial charge in [0, 0.05) is 42.5 Å². The molecule has 5 rings (SSSR count). The lowest BCUT2D eigenvalue weighted by Gasteiger charge is -2.35.